The lowest BCUT2D eigenvalue weighted by atomic mass is 10.0. The minimum absolute atomic E-state index is 0.239. The van der Waals surface area contributed by atoms with Crippen LogP contribution in [-0.2, 0) is 11.3 Å². The summed E-state index contributed by atoms with van der Waals surface area (Å²) in [5.74, 6) is 0.370. The van der Waals surface area contributed by atoms with Crippen LogP contribution in [0.5, 0.6) is 0 Å². The van der Waals surface area contributed by atoms with Crippen LogP contribution in [0.2, 0.25) is 0 Å². The first-order valence-corrected chi connectivity index (χ1v) is 13.7. The zero-order valence-electron chi connectivity index (χ0n) is 22.4. The number of aromatic nitrogens is 1. The van der Waals surface area contributed by atoms with Crippen molar-refractivity contribution in [3.05, 3.63) is 48.2 Å². The summed E-state index contributed by atoms with van der Waals surface area (Å²) >= 11 is 0.423. The van der Waals surface area contributed by atoms with Gasteiger partial charge in [0.15, 0.2) is 0 Å². The summed E-state index contributed by atoms with van der Waals surface area (Å²) in [5, 5.41) is 0.456. The van der Waals surface area contributed by atoms with Gasteiger partial charge in [-0.1, -0.05) is 11.8 Å². The van der Waals surface area contributed by atoms with Gasteiger partial charge in [-0.05, 0) is 75.8 Å². The third kappa shape index (κ3) is 6.81. The van der Waals surface area contributed by atoms with E-state index in [4.69, 9.17) is 0 Å². The Morgan fingerprint density at radius 2 is 1.76 bits per heavy atom. The number of rotatable bonds is 10. The maximum atomic E-state index is 13.4. The lowest BCUT2D eigenvalue weighted by Gasteiger charge is -2.32. The van der Waals surface area contributed by atoms with E-state index in [1.165, 1.54) is 29.2 Å². The van der Waals surface area contributed by atoms with E-state index >= 15 is 0 Å². The third-order valence-electron chi connectivity index (χ3n) is 6.93. The predicted octanol–water partition coefficient (Wildman–Crippen LogP) is 4.58. The molecule has 206 valence electrons. The zero-order chi connectivity index (χ0) is 27.5. The van der Waals surface area contributed by atoms with Crippen LogP contribution in [0.3, 0.4) is 0 Å². The fourth-order valence-corrected chi connectivity index (χ4v) is 5.33. The normalized spacial score (nSPS) is 18.9. The Kier molecular flexibility index (Phi) is 8.59. The van der Waals surface area contributed by atoms with Gasteiger partial charge >= 0.3 is 6.03 Å². The molecule has 0 saturated carbocycles. The second kappa shape index (κ2) is 11.5. The number of likely N-dealkylation sites (N-methyl/N-ethyl adjacent to an activating group) is 1. The summed E-state index contributed by atoms with van der Waals surface area (Å²) in [6.07, 6.45) is 2.70. The quantitative estimate of drug-likeness (QED) is 0.266. The van der Waals surface area contributed by atoms with Crippen molar-refractivity contribution in [1.82, 2.24) is 19.7 Å². The Hall–Kier alpha value is -2.76. The number of hydrogen-bond donors (Lipinski definition) is 1. The summed E-state index contributed by atoms with van der Waals surface area (Å²) in [4.78, 5) is 38.9. The van der Waals surface area contributed by atoms with Crippen LogP contribution in [0.25, 0.3) is 0 Å². The Labute approximate surface area is 227 Å². The first-order chi connectivity index (χ1) is 17.9. The van der Waals surface area contributed by atoms with Crippen molar-refractivity contribution in [2.45, 2.75) is 49.4 Å². The molecule has 2 saturated heterocycles. The summed E-state index contributed by atoms with van der Waals surface area (Å²) in [5.41, 5.74) is 0.145. The summed E-state index contributed by atoms with van der Waals surface area (Å²) in [6, 6.07) is 9.35. The average Bonchev–Trinajstić information content (AvgIpc) is 3.02. The topological polar surface area (TPSA) is 72.0 Å². The van der Waals surface area contributed by atoms with Crippen molar-refractivity contribution in [3.63, 3.8) is 0 Å². The smallest absolute Gasteiger partial charge is 0.332 e. The Bertz CT molecular complexity index is 1130. The maximum Gasteiger partial charge on any atom is 0.332 e. The van der Waals surface area contributed by atoms with E-state index in [1.54, 1.807) is 20.0 Å². The number of carbonyl (C=O) groups excluding carboxylic acids is 2. The van der Waals surface area contributed by atoms with Gasteiger partial charge in [0, 0.05) is 57.3 Å². The van der Waals surface area contributed by atoms with Gasteiger partial charge in [0.2, 0.25) is 0 Å². The number of alkyl halides is 2. The van der Waals surface area contributed by atoms with Crippen molar-refractivity contribution in [2.75, 3.05) is 56.5 Å². The zero-order valence-corrected chi connectivity index (χ0v) is 23.2. The number of halogens is 2. The van der Waals surface area contributed by atoms with E-state index in [1.807, 2.05) is 12.1 Å². The minimum Gasteiger partial charge on any atom is -0.370 e. The number of urea groups is 1. The van der Waals surface area contributed by atoms with Crippen LogP contribution in [0, 0.1) is 0 Å². The second-order valence-electron chi connectivity index (χ2n) is 10.4. The van der Waals surface area contributed by atoms with Crippen LogP contribution in [0.1, 0.15) is 32.8 Å². The molecule has 3 amide bonds. The molecular weight excluding hydrogens is 510 g/mol. The van der Waals surface area contributed by atoms with Crippen LogP contribution in [0.15, 0.2) is 47.5 Å². The molecule has 4 rings (SSSR count). The van der Waals surface area contributed by atoms with Gasteiger partial charge in [0.05, 0.1) is 5.69 Å². The number of anilines is 2. The molecule has 2 aromatic rings. The number of piperazine rings is 1. The van der Waals surface area contributed by atoms with Crippen LogP contribution < -0.4 is 10.2 Å². The van der Waals surface area contributed by atoms with Crippen LogP contribution in [-0.4, -0.2) is 88.7 Å². The Morgan fingerprint density at radius 1 is 1.08 bits per heavy atom. The van der Waals surface area contributed by atoms with E-state index in [0.29, 0.717) is 22.3 Å². The fourth-order valence-electron chi connectivity index (χ4n) is 4.64. The number of nitrogens with one attached hydrogen (secondary N) is 1. The van der Waals surface area contributed by atoms with E-state index < -0.39 is 16.8 Å². The predicted molar refractivity (Wildman–Crippen MR) is 147 cm³/mol. The van der Waals surface area contributed by atoms with Crippen LogP contribution in [0.4, 0.5) is 25.1 Å². The van der Waals surface area contributed by atoms with Crippen molar-refractivity contribution in [3.8, 4) is 0 Å². The largest absolute Gasteiger partial charge is 0.370 e. The molecule has 0 unspecified atom stereocenters. The number of pyridine rings is 1. The van der Waals surface area contributed by atoms with E-state index in [2.05, 4.69) is 27.1 Å². The van der Waals surface area contributed by atoms with Gasteiger partial charge in [-0.15, -0.1) is 0 Å². The minimum atomic E-state index is -2.91. The van der Waals surface area contributed by atoms with Gasteiger partial charge in [-0.25, -0.2) is 14.7 Å². The van der Waals surface area contributed by atoms with Crippen molar-refractivity contribution in [1.29, 1.82) is 0 Å². The number of nitrogens with zero attached hydrogens (tertiary/aromatic N) is 5. The summed E-state index contributed by atoms with van der Waals surface area (Å²) < 4.78 is 26.6. The molecule has 2 aliphatic rings. The van der Waals surface area contributed by atoms with Gasteiger partial charge in [-0.2, -0.15) is 8.78 Å². The average molecular weight is 547 g/mol. The molecule has 3 heterocycles. The molecule has 38 heavy (non-hydrogen) atoms. The lowest BCUT2D eigenvalue weighted by Crippen LogP contribution is -2.44. The molecule has 8 nitrogen and oxygen atoms in total. The highest BCUT2D eigenvalue weighted by Gasteiger charge is 2.51. The first-order valence-electron chi connectivity index (χ1n) is 12.9. The molecule has 1 aromatic carbocycles. The van der Waals surface area contributed by atoms with Crippen LogP contribution >= 0.6 is 11.8 Å². The Balaban J connectivity index is 1.37. The molecular formula is C27H36F2N6O2S. The number of thioether (sulfide) groups is 1. The van der Waals surface area contributed by atoms with Gasteiger partial charge in [-0.3, -0.25) is 4.79 Å². The molecule has 0 bridgehead atoms. The highest BCUT2D eigenvalue weighted by atomic mass is 32.2. The molecule has 2 fully saturated rings. The van der Waals surface area contributed by atoms with Gasteiger partial charge in [0.25, 0.3) is 11.2 Å². The number of imide groups is 1. The maximum absolute atomic E-state index is 13.4. The van der Waals surface area contributed by atoms with E-state index in [-0.39, 0.29) is 12.5 Å². The molecule has 1 N–H and O–H groups in total. The van der Waals surface area contributed by atoms with Crippen molar-refractivity contribution < 1.29 is 18.4 Å². The number of hydrogen-bond acceptors (Lipinski definition) is 7. The SMILES string of the molecule is CN1CCN(CCCNc2cc(CN3C(=O)N(c4ccc(SC(C)(F)F)cc4)C(=O)C3(C)C)ccn2)CC1. The summed E-state index contributed by atoms with van der Waals surface area (Å²) in [7, 11) is 2.15. The molecule has 0 radical (unpaired) electrons. The molecule has 0 atom stereocenters. The molecule has 2 aliphatic heterocycles. The monoisotopic (exact) mass is 546 g/mol. The highest BCUT2D eigenvalue weighted by molar-refractivity contribution is 8.00. The molecule has 0 spiro atoms. The first kappa shape index (κ1) is 28.3. The molecule has 11 heteroatoms. The standard InChI is InChI=1S/C27H36F2N6O2S/c1-26(2)24(36)35(21-6-8-22(9-7-21)38-27(3,28)29)25(37)34(26)19-20-10-12-31-23(18-20)30-11-5-13-33-16-14-32(4)15-17-33/h6-10,12,18H,5,11,13-17,19H2,1-4H3,(H,30,31). The summed E-state index contributed by atoms with van der Waals surface area (Å²) in [6.45, 7) is 10.7. The number of carbonyl (C=O) groups is 2. The lowest BCUT2D eigenvalue weighted by molar-refractivity contribution is -0.123. The number of benzene rings is 1. The van der Waals surface area contributed by atoms with Crippen molar-refractivity contribution in [2.24, 2.45) is 0 Å². The molecule has 0 aliphatic carbocycles. The van der Waals surface area contributed by atoms with E-state index in [9.17, 15) is 18.4 Å². The highest BCUT2D eigenvalue weighted by Crippen LogP contribution is 2.38. The van der Waals surface area contributed by atoms with Crippen molar-refractivity contribution >= 4 is 35.2 Å². The third-order valence-corrected chi connectivity index (χ3v) is 7.80. The van der Waals surface area contributed by atoms with Gasteiger partial charge in [0.1, 0.15) is 11.4 Å². The number of amides is 3. The van der Waals surface area contributed by atoms with Gasteiger partial charge < -0.3 is 20.0 Å². The fraction of sp³-hybridized carbons (Fsp3) is 0.519. The second-order valence-corrected chi connectivity index (χ2v) is 11.8. The van der Waals surface area contributed by atoms with E-state index in [0.717, 1.165) is 68.9 Å². The Morgan fingerprint density at radius 3 is 2.42 bits per heavy atom. The molecule has 1 aromatic heterocycles.